The van der Waals surface area contributed by atoms with Gasteiger partial charge in [0, 0.05) is 36.3 Å². The van der Waals surface area contributed by atoms with Gasteiger partial charge in [0.2, 0.25) is 0 Å². The van der Waals surface area contributed by atoms with Crippen molar-refractivity contribution in [1.82, 2.24) is 20.1 Å². The average molecular weight is 374 g/mol. The van der Waals surface area contributed by atoms with E-state index in [9.17, 15) is 18.0 Å². The SMILES string of the molecule is O=C(c1cnc2ccccc2c1)N1CCCC(c2cc(C(F)(F)F)n[nH]2)C1. The lowest BCUT2D eigenvalue weighted by Crippen LogP contribution is -2.39. The highest BCUT2D eigenvalue weighted by molar-refractivity contribution is 5.97. The third-order valence-corrected chi connectivity index (χ3v) is 4.87. The average Bonchev–Trinajstić information content (AvgIpc) is 3.18. The molecule has 1 N–H and O–H groups in total. The Morgan fingerprint density at radius 3 is 2.81 bits per heavy atom. The minimum atomic E-state index is -4.48. The topological polar surface area (TPSA) is 61.9 Å². The van der Waals surface area contributed by atoms with Crippen LogP contribution in [0.15, 0.2) is 42.6 Å². The first-order valence-corrected chi connectivity index (χ1v) is 8.68. The van der Waals surface area contributed by atoms with E-state index < -0.39 is 11.9 Å². The maximum absolute atomic E-state index is 12.9. The third-order valence-electron chi connectivity index (χ3n) is 4.87. The van der Waals surface area contributed by atoms with E-state index in [0.717, 1.165) is 23.4 Å². The van der Waals surface area contributed by atoms with Gasteiger partial charge in [0.25, 0.3) is 5.91 Å². The number of piperidine rings is 1. The number of rotatable bonds is 2. The first-order chi connectivity index (χ1) is 12.9. The van der Waals surface area contributed by atoms with E-state index in [2.05, 4.69) is 15.2 Å². The number of para-hydroxylation sites is 1. The Balaban J connectivity index is 1.53. The van der Waals surface area contributed by atoms with Crippen molar-refractivity contribution in [2.45, 2.75) is 24.9 Å². The normalized spacial score (nSPS) is 18.0. The van der Waals surface area contributed by atoms with Crippen molar-refractivity contribution in [3.8, 4) is 0 Å². The number of carbonyl (C=O) groups is 1. The van der Waals surface area contributed by atoms with Gasteiger partial charge in [-0.25, -0.2) is 0 Å². The second-order valence-corrected chi connectivity index (χ2v) is 6.71. The molecule has 1 saturated heterocycles. The lowest BCUT2D eigenvalue weighted by atomic mass is 9.94. The van der Waals surface area contributed by atoms with Crippen molar-refractivity contribution in [1.29, 1.82) is 0 Å². The van der Waals surface area contributed by atoms with E-state index in [4.69, 9.17) is 0 Å². The predicted molar refractivity (Wildman–Crippen MR) is 93.2 cm³/mol. The highest BCUT2D eigenvalue weighted by atomic mass is 19.4. The molecule has 1 aliphatic heterocycles. The summed E-state index contributed by atoms with van der Waals surface area (Å²) in [6.45, 7) is 0.924. The van der Waals surface area contributed by atoms with Crippen molar-refractivity contribution >= 4 is 16.8 Å². The molecule has 2 aromatic heterocycles. The molecule has 1 unspecified atom stereocenters. The van der Waals surface area contributed by atoms with Crippen LogP contribution in [0.5, 0.6) is 0 Å². The van der Waals surface area contributed by atoms with Crippen LogP contribution in [-0.2, 0) is 6.18 Å². The van der Waals surface area contributed by atoms with Gasteiger partial charge in [-0.05, 0) is 31.0 Å². The van der Waals surface area contributed by atoms with Gasteiger partial charge >= 0.3 is 6.18 Å². The van der Waals surface area contributed by atoms with Crippen molar-refractivity contribution < 1.29 is 18.0 Å². The predicted octanol–water partition coefficient (Wildman–Crippen LogP) is 4.00. The Labute approximate surface area is 153 Å². The zero-order valence-corrected chi connectivity index (χ0v) is 14.3. The third kappa shape index (κ3) is 3.51. The molecule has 0 spiro atoms. The minimum Gasteiger partial charge on any atom is -0.338 e. The monoisotopic (exact) mass is 374 g/mol. The molecule has 0 radical (unpaired) electrons. The van der Waals surface area contributed by atoms with Gasteiger partial charge in [0.15, 0.2) is 5.69 Å². The van der Waals surface area contributed by atoms with Crippen LogP contribution in [0.3, 0.4) is 0 Å². The summed E-state index contributed by atoms with van der Waals surface area (Å²) in [5.74, 6) is -0.353. The number of nitrogens with zero attached hydrogens (tertiary/aromatic N) is 3. The molecule has 1 atom stereocenters. The first kappa shape index (κ1) is 17.5. The van der Waals surface area contributed by atoms with Gasteiger partial charge in [-0.1, -0.05) is 18.2 Å². The van der Waals surface area contributed by atoms with Gasteiger partial charge in [-0.3, -0.25) is 14.9 Å². The molecule has 1 fully saturated rings. The molecule has 5 nitrogen and oxygen atoms in total. The van der Waals surface area contributed by atoms with Crippen LogP contribution in [0, 0.1) is 0 Å². The van der Waals surface area contributed by atoms with Crippen molar-refractivity contribution in [3.63, 3.8) is 0 Å². The number of amides is 1. The number of aromatic amines is 1. The Kier molecular flexibility index (Phi) is 4.33. The molecule has 1 aromatic carbocycles. The number of hydrogen-bond acceptors (Lipinski definition) is 3. The number of carbonyl (C=O) groups excluding carboxylic acids is 1. The van der Waals surface area contributed by atoms with Gasteiger partial charge in [0.05, 0.1) is 11.1 Å². The molecule has 4 rings (SSSR count). The van der Waals surface area contributed by atoms with Crippen molar-refractivity contribution in [2.24, 2.45) is 0 Å². The lowest BCUT2D eigenvalue weighted by Gasteiger charge is -2.32. The zero-order chi connectivity index (χ0) is 19.0. The van der Waals surface area contributed by atoms with Crippen LogP contribution in [-0.4, -0.2) is 39.1 Å². The molecular weight excluding hydrogens is 357 g/mol. The van der Waals surface area contributed by atoms with E-state index in [0.29, 0.717) is 30.8 Å². The summed E-state index contributed by atoms with van der Waals surface area (Å²) < 4.78 is 38.3. The fraction of sp³-hybridized carbons (Fsp3) is 0.316. The van der Waals surface area contributed by atoms with E-state index in [1.807, 2.05) is 24.3 Å². The Morgan fingerprint density at radius 2 is 2.04 bits per heavy atom. The number of nitrogens with one attached hydrogen (secondary N) is 1. The molecule has 0 aliphatic carbocycles. The van der Waals surface area contributed by atoms with Crippen LogP contribution in [0.25, 0.3) is 10.9 Å². The Morgan fingerprint density at radius 1 is 1.22 bits per heavy atom. The fourth-order valence-electron chi connectivity index (χ4n) is 3.48. The summed E-state index contributed by atoms with van der Waals surface area (Å²) in [7, 11) is 0. The molecule has 3 heterocycles. The molecule has 0 saturated carbocycles. The standard InChI is InChI=1S/C19H17F3N4O/c20-19(21,22)17-9-16(24-25-17)13-5-3-7-26(11-13)18(27)14-8-12-4-1-2-6-15(12)23-10-14/h1-2,4,6,8-10,13H,3,5,7,11H2,(H,24,25). The van der Waals surface area contributed by atoms with Gasteiger partial charge in [-0.2, -0.15) is 18.3 Å². The highest BCUT2D eigenvalue weighted by Crippen LogP contribution is 2.32. The Hall–Kier alpha value is -2.90. The molecule has 3 aromatic rings. The maximum atomic E-state index is 12.9. The number of pyridine rings is 1. The lowest BCUT2D eigenvalue weighted by molar-refractivity contribution is -0.141. The van der Waals surface area contributed by atoms with Gasteiger partial charge in [-0.15, -0.1) is 0 Å². The fourth-order valence-corrected chi connectivity index (χ4v) is 3.48. The summed E-state index contributed by atoms with van der Waals surface area (Å²) in [6.07, 6.45) is -1.50. The quantitative estimate of drug-likeness (QED) is 0.738. The Bertz CT molecular complexity index is 982. The summed E-state index contributed by atoms with van der Waals surface area (Å²) in [5, 5.41) is 6.72. The van der Waals surface area contributed by atoms with Crippen LogP contribution >= 0.6 is 0 Å². The van der Waals surface area contributed by atoms with E-state index in [1.54, 1.807) is 17.2 Å². The molecule has 8 heteroatoms. The van der Waals surface area contributed by atoms with Gasteiger partial charge in [0.1, 0.15) is 0 Å². The number of aromatic nitrogens is 3. The number of benzene rings is 1. The molecular formula is C19H17F3N4O. The van der Waals surface area contributed by atoms with Crippen LogP contribution < -0.4 is 0 Å². The maximum Gasteiger partial charge on any atom is 0.435 e. The van der Waals surface area contributed by atoms with Crippen LogP contribution in [0.4, 0.5) is 13.2 Å². The number of halogens is 3. The molecule has 0 bridgehead atoms. The first-order valence-electron chi connectivity index (χ1n) is 8.68. The summed E-state index contributed by atoms with van der Waals surface area (Å²) in [6, 6.07) is 10.4. The summed E-state index contributed by atoms with van der Waals surface area (Å²) in [5.41, 5.74) is 0.772. The molecule has 1 aliphatic rings. The number of alkyl halides is 3. The second kappa shape index (κ2) is 6.68. The number of hydrogen-bond donors (Lipinski definition) is 1. The smallest absolute Gasteiger partial charge is 0.338 e. The van der Waals surface area contributed by atoms with E-state index in [-0.39, 0.29) is 11.8 Å². The largest absolute Gasteiger partial charge is 0.435 e. The summed E-state index contributed by atoms with van der Waals surface area (Å²) in [4.78, 5) is 18.9. The van der Waals surface area contributed by atoms with Crippen molar-refractivity contribution in [2.75, 3.05) is 13.1 Å². The van der Waals surface area contributed by atoms with E-state index >= 15 is 0 Å². The number of H-pyrrole nitrogens is 1. The van der Waals surface area contributed by atoms with Crippen LogP contribution in [0.2, 0.25) is 0 Å². The molecule has 1 amide bonds. The highest BCUT2D eigenvalue weighted by Gasteiger charge is 2.35. The van der Waals surface area contributed by atoms with E-state index in [1.165, 1.54) is 0 Å². The van der Waals surface area contributed by atoms with Gasteiger partial charge < -0.3 is 4.90 Å². The number of likely N-dealkylation sites (tertiary alicyclic amines) is 1. The second-order valence-electron chi connectivity index (χ2n) is 6.71. The van der Waals surface area contributed by atoms with Crippen LogP contribution in [0.1, 0.15) is 40.5 Å². The molecule has 27 heavy (non-hydrogen) atoms. The molecule has 140 valence electrons. The zero-order valence-electron chi connectivity index (χ0n) is 14.3. The number of fused-ring (bicyclic) bond motifs is 1. The summed E-state index contributed by atoms with van der Waals surface area (Å²) >= 11 is 0. The minimum absolute atomic E-state index is 0.159. The van der Waals surface area contributed by atoms with Crippen molar-refractivity contribution in [3.05, 3.63) is 59.5 Å².